The Labute approximate surface area is 343 Å². The predicted molar refractivity (Wildman–Crippen MR) is 231 cm³/mol. The van der Waals surface area contributed by atoms with Crippen molar-refractivity contribution in [2.75, 3.05) is 47.5 Å². The van der Waals surface area contributed by atoms with Crippen LogP contribution in [0.15, 0.2) is 48.6 Å². The second kappa shape index (κ2) is 38.5. The van der Waals surface area contributed by atoms with Crippen molar-refractivity contribution < 1.29 is 42.1 Å². The molecular weight excluding hydrogens is 725 g/mol. The number of phosphoric ester groups is 1. The molecule has 0 spiro atoms. The van der Waals surface area contributed by atoms with Crippen molar-refractivity contribution in [2.45, 2.75) is 187 Å². The fourth-order valence-electron chi connectivity index (χ4n) is 5.82. The average Bonchev–Trinajstić information content (AvgIpc) is 3.15. The second-order valence-corrected chi connectivity index (χ2v) is 17.5. The molecule has 0 rings (SSSR count). The maximum absolute atomic E-state index is 12.6. The van der Waals surface area contributed by atoms with E-state index < -0.39 is 32.5 Å². The number of carbonyl (C=O) groups excluding carboxylic acids is 2. The first-order valence-electron chi connectivity index (χ1n) is 22.3. The number of phosphoric acid groups is 1. The monoisotopic (exact) mass is 810 g/mol. The Morgan fingerprint density at radius 2 is 0.982 bits per heavy atom. The molecule has 10 heteroatoms. The summed E-state index contributed by atoms with van der Waals surface area (Å²) in [5.74, 6) is -0.898. The molecule has 0 aliphatic rings. The summed E-state index contributed by atoms with van der Waals surface area (Å²) in [4.78, 5) is 37.5. The molecule has 0 aromatic carbocycles. The maximum atomic E-state index is 12.6. The molecule has 0 saturated carbocycles. The highest BCUT2D eigenvalue weighted by Crippen LogP contribution is 2.38. The van der Waals surface area contributed by atoms with Crippen molar-refractivity contribution in [1.29, 1.82) is 0 Å². The van der Waals surface area contributed by atoms with Crippen LogP contribution in [0.1, 0.15) is 181 Å². The molecule has 0 aliphatic carbocycles. The van der Waals surface area contributed by atoms with Crippen LogP contribution in [0.5, 0.6) is 0 Å². The van der Waals surface area contributed by atoms with E-state index in [4.69, 9.17) is 18.5 Å². The van der Waals surface area contributed by atoms with Gasteiger partial charge in [0.2, 0.25) is 0 Å². The van der Waals surface area contributed by atoms with Gasteiger partial charge in [0.25, 0.3) is 7.82 Å². The highest BCUT2D eigenvalue weighted by atomic mass is 31.2. The first-order chi connectivity index (χ1) is 27.0. The smallest absolute Gasteiger partial charge is 0.306 e. The molecule has 0 N–H and O–H groups in total. The van der Waals surface area contributed by atoms with Gasteiger partial charge in [-0.2, -0.15) is 0 Å². The molecule has 1 unspecified atom stereocenters. The van der Waals surface area contributed by atoms with Gasteiger partial charge in [-0.15, -0.1) is 0 Å². The molecule has 0 aromatic rings. The van der Waals surface area contributed by atoms with Gasteiger partial charge in [0, 0.05) is 12.8 Å². The lowest BCUT2D eigenvalue weighted by atomic mass is 10.0. The van der Waals surface area contributed by atoms with Crippen molar-refractivity contribution in [3.05, 3.63) is 48.6 Å². The zero-order chi connectivity index (χ0) is 41.4. The number of ether oxygens (including phenoxy) is 2. The molecule has 9 nitrogen and oxygen atoms in total. The summed E-state index contributed by atoms with van der Waals surface area (Å²) in [7, 11) is 1.13. The molecule has 0 amide bonds. The molecule has 0 heterocycles. The summed E-state index contributed by atoms with van der Waals surface area (Å²) in [5.41, 5.74) is 0. The van der Waals surface area contributed by atoms with Crippen molar-refractivity contribution in [1.82, 2.24) is 0 Å². The minimum absolute atomic E-state index is 0.0412. The van der Waals surface area contributed by atoms with Gasteiger partial charge in [0.05, 0.1) is 27.7 Å². The van der Waals surface area contributed by atoms with Crippen LogP contribution in [0.2, 0.25) is 0 Å². The Morgan fingerprint density at radius 3 is 1.48 bits per heavy atom. The molecule has 56 heavy (non-hydrogen) atoms. The third-order valence-electron chi connectivity index (χ3n) is 9.35. The number of rotatable bonds is 40. The van der Waals surface area contributed by atoms with Crippen molar-refractivity contribution in [2.24, 2.45) is 0 Å². The van der Waals surface area contributed by atoms with Gasteiger partial charge in [0.1, 0.15) is 19.8 Å². The van der Waals surface area contributed by atoms with Crippen LogP contribution in [0, 0.1) is 0 Å². The summed E-state index contributed by atoms with van der Waals surface area (Å²) in [6.07, 6.45) is 44.3. The third-order valence-corrected chi connectivity index (χ3v) is 10.3. The van der Waals surface area contributed by atoms with Gasteiger partial charge in [-0.1, -0.05) is 165 Å². The number of hydrogen-bond donors (Lipinski definition) is 0. The lowest BCUT2D eigenvalue weighted by molar-refractivity contribution is -0.870. The van der Waals surface area contributed by atoms with Crippen LogP contribution >= 0.6 is 7.82 Å². The SMILES string of the molecule is CCCCC/C=C\C/C=C\C/C=C\C/C=C\CCCC(=O)O[C@H](COC(=O)CCCCCCCCCCCCCCCCC)COP(=O)([O-])OCC[N+](C)(C)C. The van der Waals surface area contributed by atoms with Gasteiger partial charge in [0.15, 0.2) is 6.10 Å². The van der Waals surface area contributed by atoms with E-state index in [1.807, 2.05) is 27.2 Å². The van der Waals surface area contributed by atoms with Crippen LogP contribution in [0.3, 0.4) is 0 Å². The van der Waals surface area contributed by atoms with E-state index in [0.717, 1.165) is 38.5 Å². The predicted octanol–water partition coefficient (Wildman–Crippen LogP) is 12.1. The molecule has 2 atom stereocenters. The largest absolute Gasteiger partial charge is 0.756 e. The Kier molecular flexibility index (Phi) is 37.1. The number of likely N-dealkylation sites (N-methyl/N-ethyl adjacent to an activating group) is 1. The van der Waals surface area contributed by atoms with E-state index in [2.05, 4.69) is 56.4 Å². The Bertz CT molecular complexity index is 1100. The molecule has 0 saturated heterocycles. The van der Waals surface area contributed by atoms with Gasteiger partial charge >= 0.3 is 11.9 Å². The van der Waals surface area contributed by atoms with E-state index in [1.165, 1.54) is 103 Å². The number of esters is 2. The van der Waals surface area contributed by atoms with Gasteiger partial charge < -0.3 is 27.9 Å². The minimum atomic E-state index is -4.64. The Morgan fingerprint density at radius 1 is 0.554 bits per heavy atom. The minimum Gasteiger partial charge on any atom is -0.756 e. The number of carbonyl (C=O) groups is 2. The first kappa shape index (κ1) is 54.0. The molecule has 0 radical (unpaired) electrons. The molecule has 0 aliphatic heterocycles. The lowest BCUT2D eigenvalue weighted by Gasteiger charge is -2.28. The molecular formula is C46H84NO8P. The molecule has 0 bridgehead atoms. The lowest BCUT2D eigenvalue weighted by Crippen LogP contribution is -2.37. The first-order valence-corrected chi connectivity index (χ1v) is 23.8. The van der Waals surface area contributed by atoms with Crippen LogP contribution in [-0.2, 0) is 32.7 Å². The van der Waals surface area contributed by atoms with Crippen molar-refractivity contribution in [3.8, 4) is 0 Å². The van der Waals surface area contributed by atoms with E-state index in [0.29, 0.717) is 23.9 Å². The quantitative estimate of drug-likeness (QED) is 0.0198. The highest BCUT2D eigenvalue weighted by Gasteiger charge is 2.21. The summed E-state index contributed by atoms with van der Waals surface area (Å²) < 4.78 is 33.8. The van der Waals surface area contributed by atoms with Gasteiger partial charge in [-0.05, 0) is 51.4 Å². The molecule has 0 fully saturated rings. The normalized spacial score (nSPS) is 14.0. The Hall–Kier alpha value is -2.03. The van der Waals surface area contributed by atoms with Crippen LogP contribution < -0.4 is 4.89 Å². The number of unbranched alkanes of at least 4 members (excludes halogenated alkanes) is 18. The van der Waals surface area contributed by atoms with E-state index >= 15 is 0 Å². The molecule has 326 valence electrons. The topological polar surface area (TPSA) is 111 Å². The molecule has 0 aromatic heterocycles. The van der Waals surface area contributed by atoms with Crippen molar-refractivity contribution >= 4 is 19.8 Å². The van der Waals surface area contributed by atoms with Crippen LogP contribution in [-0.4, -0.2) is 70.0 Å². The summed E-state index contributed by atoms with van der Waals surface area (Å²) in [6, 6.07) is 0. The standard InChI is InChI=1S/C46H84NO8P/c1-6-8-10-12-14-16-18-20-22-23-25-27-29-31-33-35-37-39-46(49)55-44(43-54-56(50,51)53-41-40-47(3,4)5)42-52-45(48)38-36-34-32-30-28-26-24-21-19-17-15-13-11-9-7-2/h14,16,20,22,25,27,31,33,44H,6-13,15,17-19,21,23-24,26,28-30,32,34-43H2,1-5H3/b16-14-,22-20-,27-25-,33-31-/t44-/m1/s1. The summed E-state index contributed by atoms with van der Waals surface area (Å²) in [6.45, 7) is 4.14. The summed E-state index contributed by atoms with van der Waals surface area (Å²) in [5, 5.41) is 0. The number of allylic oxidation sites excluding steroid dienone is 8. The van der Waals surface area contributed by atoms with E-state index in [-0.39, 0.29) is 26.1 Å². The maximum Gasteiger partial charge on any atom is 0.306 e. The van der Waals surface area contributed by atoms with Gasteiger partial charge in [-0.25, -0.2) is 0 Å². The second-order valence-electron chi connectivity index (χ2n) is 16.1. The third kappa shape index (κ3) is 41.6. The number of quaternary nitrogens is 1. The van der Waals surface area contributed by atoms with Gasteiger partial charge in [-0.3, -0.25) is 14.2 Å². The zero-order valence-electron chi connectivity index (χ0n) is 36.6. The zero-order valence-corrected chi connectivity index (χ0v) is 37.5. The Balaban J connectivity index is 4.45. The highest BCUT2D eigenvalue weighted by molar-refractivity contribution is 7.45. The summed E-state index contributed by atoms with van der Waals surface area (Å²) >= 11 is 0. The average molecular weight is 810 g/mol. The number of nitrogens with zero attached hydrogens (tertiary/aromatic N) is 1. The van der Waals surface area contributed by atoms with Crippen molar-refractivity contribution in [3.63, 3.8) is 0 Å². The fraction of sp³-hybridized carbons (Fsp3) is 0.783. The van der Waals surface area contributed by atoms with E-state index in [9.17, 15) is 19.0 Å². The number of hydrogen-bond acceptors (Lipinski definition) is 8. The van der Waals surface area contributed by atoms with Crippen LogP contribution in [0.25, 0.3) is 0 Å². The van der Waals surface area contributed by atoms with E-state index in [1.54, 1.807) is 0 Å². The fourth-order valence-corrected chi connectivity index (χ4v) is 6.55. The van der Waals surface area contributed by atoms with Crippen LogP contribution in [0.4, 0.5) is 0 Å².